The van der Waals surface area contributed by atoms with Crippen LogP contribution in [0.2, 0.25) is 0 Å². The fourth-order valence-electron chi connectivity index (χ4n) is 4.06. The van der Waals surface area contributed by atoms with Crippen molar-refractivity contribution in [2.24, 2.45) is 7.05 Å². The van der Waals surface area contributed by atoms with E-state index < -0.39 is 5.91 Å². The van der Waals surface area contributed by atoms with E-state index in [2.05, 4.69) is 10.6 Å². The van der Waals surface area contributed by atoms with E-state index >= 15 is 0 Å². The van der Waals surface area contributed by atoms with Crippen LogP contribution >= 0.6 is 0 Å². The molecular weight excluding hydrogens is 456 g/mol. The van der Waals surface area contributed by atoms with Crippen LogP contribution in [0.1, 0.15) is 27.2 Å². The molecule has 8 heteroatoms. The van der Waals surface area contributed by atoms with Gasteiger partial charge in [-0.25, -0.2) is 4.68 Å². The highest BCUT2D eigenvalue weighted by Gasteiger charge is 2.19. The monoisotopic (exact) mass is 484 g/mol. The highest BCUT2D eigenvalue weighted by atomic mass is 16.5. The average Bonchev–Trinajstić information content (AvgIpc) is 3.07. The third kappa shape index (κ3) is 5.07. The van der Waals surface area contributed by atoms with E-state index in [9.17, 15) is 14.4 Å². The Labute approximate surface area is 209 Å². The van der Waals surface area contributed by atoms with Crippen molar-refractivity contribution in [2.45, 2.75) is 20.3 Å². The number of hydrogen-bond acceptors (Lipinski definition) is 4. The number of aryl methyl sites for hydroxylation is 1. The van der Waals surface area contributed by atoms with Crippen molar-refractivity contribution in [3.8, 4) is 11.4 Å². The average molecular weight is 485 g/mol. The highest BCUT2D eigenvalue weighted by molar-refractivity contribution is 6.05. The number of nitrogens with zero attached hydrogens (tertiary/aromatic N) is 2. The van der Waals surface area contributed by atoms with Crippen LogP contribution in [0.15, 0.2) is 77.6 Å². The van der Waals surface area contributed by atoms with Gasteiger partial charge in [0.15, 0.2) is 0 Å². The normalized spacial score (nSPS) is 10.7. The zero-order chi connectivity index (χ0) is 25.8. The lowest BCUT2D eigenvalue weighted by molar-refractivity contribution is -0.115. The van der Waals surface area contributed by atoms with Crippen LogP contribution in [0.25, 0.3) is 5.69 Å². The van der Waals surface area contributed by atoms with Gasteiger partial charge in [0.1, 0.15) is 11.4 Å². The Kier molecular flexibility index (Phi) is 7.05. The summed E-state index contributed by atoms with van der Waals surface area (Å²) in [6.45, 7) is 3.72. The molecule has 0 spiro atoms. The summed E-state index contributed by atoms with van der Waals surface area (Å²) >= 11 is 0. The Morgan fingerprint density at radius 2 is 1.67 bits per heavy atom. The van der Waals surface area contributed by atoms with Crippen LogP contribution < -0.4 is 20.9 Å². The fourth-order valence-corrected chi connectivity index (χ4v) is 4.06. The van der Waals surface area contributed by atoms with Crippen LogP contribution in [-0.4, -0.2) is 28.3 Å². The van der Waals surface area contributed by atoms with Gasteiger partial charge in [0, 0.05) is 23.9 Å². The number of carbonyl (C=O) groups excluding carboxylic acids is 2. The standard InChI is InChI=1S/C28H28N4O4/c1-18-13-14-24(36-4)21(15-18)17-25(33)29-22-10-8-9-20(16-22)27(34)30-26-19(2)31(3)32(28(26)35)23-11-6-5-7-12-23/h5-16H,17H2,1-4H3,(H,29,33)(H,30,34). The molecule has 0 bridgehead atoms. The maximum Gasteiger partial charge on any atom is 0.295 e. The van der Waals surface area contributed by atoms with Gasteiger partial charge in [0.25, 0.3) is 11.5 Å². The fraction of sp³-hybridized carbons (Fsp3) is 0.179. The molecule has 2 N–H and O–H groups in total. The zero-order valence-corrected chi connectivity index (χ0v) is 20.7. The van der Waals surface area contributed by atoms with Crippen molar-refractivity contribution in [2.75, 3.05) is 17.7 Å². The van der Waals surface area contributed by atoms with E-state index in [1.54, 1.807) is 50.0 Å². The molecule has 8 nitrogen and oxygen atoms in total. The molecule has 0 saturated carbocycles. The summed E-state index contributed by atoms with van der Waals surface area (Å²) in [6, 6.07) is 21.5. The Hall–Kier alpha value is -4.59. The summed E-state index contributed by atoms with van der Waals surface area (Å²) in [5.74, 6) is -0.0400. The van der Waals surface area contributed by atoms with E-state index in [1.165, 1.54) is 4.68 Å². The van der Waals surface area contributed by atoms with Gasteiger partial charge >= 0.3 is 0 Å². The number of para-hydroxylation sites is 1. The maximum atomic E-state index is 13.1. The number of benzene rings is 3. The first-order valence-electron chi connectivity index (χ1n) is 11.5. The quantitative estimate of drug-likeness (QED) is 0.410. The smallest absolute Gasteiger partial charge is 0.295 e. The second kappa shape index (κ2) is 10.4. The van der Waals surface area contributed by atoms with Gasteiger partial charge in [0.2, 0.25) is 5.91 Å². The summed E-state index contributed by atoms with van der Waals surface area (Å²) < 4.78 is 8.55. The second-order valence-corrected chi connectivity index (χ2v) is 8.51. The Morgan fingerprint density at radius 1 is 0.917 bits per heavy atom. The van der Waals surface area contributed by atoms with Crippen molar-refractivity contribution in [3.63, 3.8) is 0 Å². The van der Waals surface area contributed by atoms with Gasteiger partial charge in [-0.2, -0.15) is 0 Å². The molecule has 4 rings (SSSR count). The first kappa shape index (κ1) is 24.5. The molecule has 2 amide bonds. The third-order valence-corrected chi connectivity index (χ3v) is 5.99. The summed E-state index contributed by atoms with van der Waals surface area (Å²) in [5.41, 5.74) is 3.79. The van der Waals surface area contributed by atoms with Crippen molar-refractivity contribution < 1.29 is 14.3 Å². The molecular formula is C28H28N4O4. The Bertz CT molecular complexity index is 1490. The summed E-state index contributed by atoms with van der Waals surface area (Å²) in [7, 11) is 3.33. The minimum absolute atomic E-state index is 0.128. The largest absolute Gasteiger partial charge is 0.496 e. The van der Waals surface area contributed by atoms with Crippen molar-refractivity contribution in [1.82, 2.24) is 9.36 Å². The topological polar surface area (TPSA) is 94.4 Å². The van der Waals surface area contributed by atoms with Crippen LogP contribution in [-0.2, 0) is 18.3 Å². The number of rotatable bonds is 7. The van der Waals surface area contributed by atoms with Crippen molar-refractivity contribution >= 4 is 23.2 Å². The molecule has 1 aromatic heterocycles. The van der Waals surface area contributed by atoms with E-state index in [0.29, 0.717) is 28.4 Å². The number of nitrogens with one attached hydrogen (secondary N) is 2. The molecule has 36 heavy (non-hydrogen) atoms. The number of aromatic nitrogens is 2. The molecule has 1 heterocycles. The summed E-state index contributed by atoms with van der Waals surface area (Å²) in [4.78, 5) is 38.8. The number of amides is 2. The first-order valence-corrected chi connectivity index (χ1v) is 11.5. The molecule has 0 unspecified atom stereocenters. The molecule has 3 aromatic carbocycles. The van der Waals surface area contributed by atoms with Gasteiger partial charge in [-0.15, -0.1) is 0 Å². The van der Waals surface area contributed by atoms with Gasteiger partial charge < -0.3 is 15.4 Å². The van der Waals surface area contributed by atoms with E-state index in [0.717, 1.165) is 11.1 Å². The minimum Gasteiger partial charge on any atom is -0.496 e. The first-order chi connectivity index (χ1) is 17.3. The molecule has 0 radical (unpaired) electrons. The number of methoxy groups -OCH3 is 1. The van der Waals surface area contributed by atoms with Crippen LogP contribution in [0.3, 0.4) is 0 Å². The molecule has 0 fully saturated rings. The summed E-state index contributed by atoms with van der Waals surface area (Å²) in [5, 5.41) is 5.58. The lowest BCUT2D eigenvalue weighted by Crippen LogP contribution is -2.23. The highest BCUT2D eigenvalue weighted by Crippen LogP contribution is 2.21. The predicted octanol–water partition coefficient (Wildman–Crippen LogP) is 4.23. The number of anilines is 2. The SMILES string of the molecule is COc1ccc(C)cc1CC(=O)Nc1cccc(C(=O)Nc2c(C)n(C)n(-c3ccccc3)c2=O)c1. The van der Waals surface area contributed by atoms with Crippen molar-refractivity contribution in [3.05, 3.63) is 106 Å². The Morgan fingerprint density at radius 3 is 2.39 bits per heavy atom. The zero-order valence-electron chi connectivity index (χ0n) is 20.7. The number of ether oxygens (including phenoxy) is 1. The van der Waals surface area contributed by atoms with Crippen LogP contribution in [0.5, 0.6) is 5.75 Å². The molecule has 0 saturated heterocycles. The maximum absolute atomic E-state index is 13.1. The van der Waals surface area contributed by atoms with Crippen molar-refractivity contribution in [1.29, 1.82) is 0 Å². The van der Waals surface area contributed by atoms with Crippen LogP contribution in [0, 0.1) is 13.8 Å². The van der Waals surface area contributed by atoms with Crippen LogP contribution in [0.4, 0.5) is 11.4 Å². The number of carbonyl (C=O) groups is 2. The second-order valence-electron chi connectivity index (χ2n) is 8.51. The molecule has 4 aromatic rings. The van der Waals surface area contributed by atoms with Gasteiger partial charge in [0.05, 0.1) is 24.9 Å². The van der Waals surface area contributed by atoms with Gasteiger partial charge in [-0.05, 0) is 50.2 Å². The number of hydrogen-bond donors (Lipinski definition) is 2. The summed E-state index contributed by atoms with van der Waals surface area (Å²) in [6.07, 6.45) is 0.128. The van der Waals surface area contributed by atoms with Gasteiger partial charge in [-0.3, -0.25) is 19.1 Å². The Balaban J connectivity index is 1.51. The van der Waals surface area contributed by atoms with E-state index in [-0.39, 0.29) is 23.6 Å². The third-order valence-electron chi connectivity index (χ3n) is 5.99. The lowest BCUT2D eigenvalue weighted by atomic mass is 10.1. The molecule has 0 aliphatic heterocycles. The van der Waals surface area contributed by atoms with Gasteiger partial charge in [-0.1, -0.05) is 42.0 Å². The molecule has 184 valence electrons. The lowest BCUT2D eigenvalue weighted by Gasteiger charge is -2.11. The molecule has 0 aliphatic carbocycles. The van der Waals surface area contributed by atoms with E-state index in [4.69, 9.17) is 4.74 Å². The van der Waals surface area contributed by atoms with E-state index in [1.807, 2.05) is 55.5 Å². The molecule has 0 atom stereocenters. The minimum atomic E-state index is -0.447. The predicted molar refractivity (Wildman–Crippen MR) is 140 cm³/mol. The molecule has 0 aliphatic rings.